The first kappa shape index (κ1) is 15.4. The average Bonchev–Trinajstić information content (AvgIpc) is 2.91. The number of fused-ring (bicyclic) bond motifs is 1. The molecule has 0 atom stereocenters. The van der Waals surface area contributed by atoms with Crippen LogP contribution >= 0.6 is 11.6 Å². The van der Waals surface area contributed by atoms with Crippen molar-refractivity contribution in [1.29, 1.82) is 0 Å². The maximum Gasteiger partial charge on any atom is 0.147 e. The summed E-state index contributed by atoms with van der Waals surface area (Å²) in [6.45, 7) is 4.72. The minimum absolute atomic E-state index is 0.727. The monoisotopic (exact) mass is 342 g/mol. The Kier molecular flexibility index (Phi) is 4.08. The Morgan fingerprint density at radius 1 is 1.12 bits per heavy atom. The number of halogens is 1. The first-order valence-corrected chi connectivity index (χ1v) is 8.43. The van der Waals surface area contributed by atoms with E-state index in [4.69, 9.17) is 16.6 Å². The van der Waals surface area contributed by atoms with Gasteiger partial charge in [-0.05, 0) is 18.2 Å². The van der Waals surface area contributed by atoms with Gasteiger partial charge in [0.25, 0.3) is 0 Å². The lowest BCUT2D eigenvalue weighted by Gasteiger charge is -2.34. The summed E-state index contributed by atoms with van der Waals surface area (Å²) in [4.78, 5) is 18.0. The van der Waals surface area contributed by atoms with Crippen LogP contribution in [-0.4, -0.2) is 50.6 Å². The molecule has 0 aliphatic carbocycles. The van der Waals surface area contributed by atoms with Gasteiger partial charge in [-0.15, -0.1) is 0 Å². The highest BCUT2D eigenvalue weighted by atomic mass is 35.5. The van der Waals surface area contributed by atoms with E-state index < -0.39 is 0 Å². The van der Waals surface area contributed by atoms with Crippen LogP contribution in [0.15, 0.2) is 36.8 Å². The first-order valence-electron chi connectivity index (χ1n) is 8.05. The molecule has 2 aromatic heterocycles. The van der Waals surface area contributed by atoms with Crippen LogP contribution in [0.5, 0.6) is 0 Å². The molecule has 1 aromatic carbocycles. The molecular formula is C17H19ClN6. The number of piperazine rings is 1. The Morgan fingerprint density at radius 2 is 1.96 bits per heavy atom. The molecule has 124 valence electrons. The molecule has 0 saturated carbocycles. The third-order valence-electron chi connectivity index (χ3n) is 4.55. The Bertz CT molecular complexity index is 839. The highest BCUT2D eigenvalue weighted by Crippen LogP contribution is 2.21. The summed E-state index contributed by atoms with van der Waals surface area (Å²) in [5.41, 5.74) is 2.07. The zero-order valence-electron chi connectivity index (χ0n) is 13.6. The van der Waals surface area contributed by atoms with Crippen molar-refractivity contribution in [2.24, 2.45) is 7.05 Å². The number of hydrogen-bond donors (Lipinski definition) is 0. The Labute approximate surface area is 145 Å². The molecule has 0 amide bonds. The van der Waals surface area contributed by atoms with E-state index in [1.54, 1.807) is 12.4 Å². The van der Waals surface area contributed by atoms with Gasteiger partial charge in [0, 0.05) is 50.6 Å². The quantitative estimate of drug-likeness (QED) is 0.731. The van der Waals surface area contributed by atoms with Gasteiger partial charge in [-0.2, -0.15) is 0 Å². The normalized spacial score (nSPS) is 16.0. The number of hydrogen-bond acceptors (Lipinski definition) is 5. The maximum atomic E-state index is 6.07. The van der Waals surface area contributed by atoms with E-state index in [9.17, 15) is 0 Å². The fourth-order valence-electron chi connectivity index (χ4n) is 3.15. The second kappa shape index (κ2) is 6.37. The second-order valence-electron chi connectivity index (χ2n) is 6.05. The Hall–Kier alpha value is -2.18. The summed E-state index contributed by atoms with van der Waals surface area (Å²) in [7, 11) is 2.06. The number of aryl methyl sites for hydroxylation is 1. The largest absolute Gasteiger partial charge is 0.353 e. The average molecular weight is 343 g/mol. The van der Waals surface area contributed by atoms with Crippen LogP contribution in [0.25, 0.3) is 11.0 Å². The van der Waals surface area contributed by atoms with Gasteiger partial charge in [0.2, 0.25) is 0 Å². The van der Waals surface area contributed by atoms with E-state index in [0.717, 1.165) is 60.4 Å². The number of benzene rings is 1. The maximum absolute atomic E-state index is 6.07. The van der Waals surface area contributed by atoms with Crippen molar-refractivity contribution in [2.75, 3.05) is 31.1 Å². The second-order valence-corrected chi connectivity index (χ2v) is 6.48. The molecular weight excluding hydrogens is 324 g/mol. The lowest BCUT2D eigenvalue weighted by atomic mass is 10.3. The lowest BCUT2D eigenvalue weighted by molar-refractivity contribution is 0.241. The number of imidazole rings is 1. The van der Waals surface area contributed by atoms with Crippen molar-refractivity contribution >= 4 is 28.5 Å². The van der Waals surface area contributed by atoms with Gasteiger partial charge in [0.05, 0.1) is 23.8 Å². The summed E-state index contributed by atoms with van der Waals surface area (Å²) in [5, 5.41) is 0.727. The molecule has 0 bridgehead atoms. The van der Waals surface area contributed by atoms with Crippen LogP contribution < -0.4 is 4.90 Å². The molecule has 1 aliphatic rings. The van der Waals surface area contributed by atoms with E-state index in [0.29, 0.717) is 0 Å². The van der Waals surface area contributed by atoms with E-state index in [2.05, 4.69) is 31.4 Å². The Morgan fingerprint density at radius 3 is 2.71 bits per heavy atom. The summed E-state index contributed by atoms with van der Waals surface area (Å²) in [6, 6.07) is 5.86. The molecule has 0 radical (unpaired) electrons. The van der Waals surface area contributed by atoms with Gasteiger partial charge >= 0.3 is 0 Å². The van der Waals surface area contributed by atoms with E-state index in [-0.39, 0.29) is 0 Å². The van der Waals surface area contributed by atoms with Gasteiger partial charge in [0.1, 0.15) is 11.6 Å². The summed E-state index contributed by atoms with van der Waals surface area (Å²) < 4.78 is 2.15. The number of nitrogens with zero attached hydrogens (tertiary/aromatic N) is 6. The fourth-order valence-corrected chi connectivity index (χ4v) is 3.32. The van der Waals surface area contributed by atoms with Crippen molar-refractivity contribution in [3.8, 4) is 0 Å². The molecule has 0 spiro atoms. The molecule has 7 heteroatoms. The molecule has 1 saturated heterocycles. The van der Waals surface area contributed by atoms with Gasteiger partial charge in [-0.25, -0.2) is 9.97 Å². The molecule has 3 aromatic rings. The molecule has 6 nitrogen and oxygen atoms in total. The minimum Gasteiger partial charge on any atom is -0.353 e. The number of anilines is 1. The van der Waals surface area contributed by atoms with Crippen LogP contribution in [0, 0.1) is 0 Å². The predicted octanol–water partition coefficient (Wildman–Crippen LogP) is 2.34. The first-order chi connectivity index (χ1) is 11.7. The minimum atomic E-state index is 0.727. The highest BCUT2D eigenvalue weighted by Gasteiger charge is 2.20. The lowest BCUT2D eigenvalue weighted by Crippen LogP contribution is -2.46. The standard InChI is InChI=1S/C17H19ClN6/c1-22-15-3-2-13(18)10-14(15)21-17(22)12-23-6-8-24(9-7-23)16-11-19-4-5-20-16/h2-5,10-11H,6-9,12H2,1H3. The van der Waals surface area contributed by atoms with Crippen LogP contribution in [0.2, 0.25) is 5.02 Å². The van der Waals surface area contributed by atoms with Crippen LogP contribution in [0.1, 0.15) is 5.82 Å². The fraction of sp³-hybridized carbons (Fsp3) is 0.353. The van der Waals surface area contributed by atoms with Crippen LogP contribution in [0.4, 0.5) is 5.82 Å². The molecule has 3 heterocycles. The summed E-state index contributed by atoms with van der Waals surface area (Å²) >= 11 is 6.07. The predicted molar refractivity (Wildman–Crippen MR) is 95.2 cm³/mol. The number of aromatic nitrogens is 4. The molecule has 24 heavy (non-hydrogen) atoms. The van der Waals surface area contributed by atoms with Crippen molar-refractivity contribution < 1.29 is 0 Å². The summed E-state index contributed by atoms with van der Waals surface area (Å²) in [5.74, 6) is 2.02. The smallest absolute Gasteiger partial charge is 0.147 e. The zero-order valence-corrected chi connectivity index (χ0v) is 14.3. The highest BCUT2D eigenvalue weighted by molar-refractivity contribution is 6.31. The SMILES string of the molecule is Cn1c(CN2CCN(c3cnccn3)CC2)nc2cc(Cl)ccc21. The molecule has 0 unspecified atom stereocenters. The van der Waals surface area contributed by atoms with E-state index in [1.807, 2.05) is 24.4 Å². The third-order valence-corrected chi connectivity index (χ3v) is 4.78. The topological polar surface area (TPSA) is 50.1 Å². The molecule has 4 rings (SSSR count). The zero-order chi connectivity index (χ0) is 16.5. The van der Waals surface area contributed by atoms with Gasteiger partial charge in [-0.1, -0.05) is 11.6 Å². The molecule has 0 N–H and O–H groups in total. The van der Waals surface area contributed by atoms with Gasteiger partial charge < -0.3 is 9.47 Å². The van der Waals surface area contributed by atoms with Gasteiger partial charge in [-0.3, -0.25) is 9.88 Å². The van der Waals surface area contributed by atoms with E-state index >= 15 is 0 Å². The van der Waals surface area contributed by atoms with Crippen molar-refractivity contribution in [3.05, 3.63) is 47.6 Å². The third kappa shape index (κ3) is 2.95. The van der Waals surface area contributed by atoms with Crippen LogP contribution in [-0.2, 0) is 13.6 Å². The van der Waals surface area contributed by atoms with E-state index in [1.165, 1.54) is 0 Å². The molecule has 1 aliphatic heterocycles. The summed E-state index contributed by atoms with van der Waals surface area (Å²) in [6.07, 6.45) is 5.27. The van der Waals surface area contributed by atoms with Crippen LogP contribution in [0.3, 0.4) is 0 Å². The van der Waals surface area contributed by atoms with Gasteiger partial charge in [0.15, 0.2) is 0 Å². The molecule has 1 fully saturated rings. The van der Waals surface area contributed by atoms with Crippen molar-refractivity contribution in [2.45, 2.75) is 6.54 Å². The van der Waals surface area contributed by atoms with Crippen molar-refractivity contribution in [1.82, 2.24) is 24.4 Å². The van der Waals surface area contributed by atoms with Crippen molar-refractivity contribution in [3.63, 3.8) is 0 Å². The number of rotatable bonds is 3. The Balaban J connectivity index is 1.45.